The summed E-state index contributed by atoms with van der Waals surface area (Å²) in [6.45, 7) is 0.694. The first kappa shape index (κ1) is 8.63. The molecule has 5 nitrogen and oxygen atoms in total. The molecule has 0 N–H and O–H groups in total. The highest BCUT2D eigenvalue weighted by Gasteiger charge is 2.22. The molecule has 5 heteroatoms. The van der Waals surface area contributed by atoms with Gasteiger partial charge in [0.1, 0.15) is 6.07 Å². The van der Waals surface area contributed by atoms with Gasteiger partial charge in [-0.15, -0.1) is 0 Å². The van der Waals surface area contributed by atoms with Gasteiger partial charge in [-0.2, -0.15) is 5.26 Å². The van der Waals surface area contributed by atoms with Crippen LogP contribution in [0.25, 0.3) is 0 Å². The van der Waals surface area contributed by atoms with Crippen molar-refractivity contribution in [1.82, 2.24) is 9.97 Å². The average Bonchev–Trinajstić information content (AvgIpc) is 2.65. The lowest BCUT2D eigenvalue weighted by Crippen LogP contribution is -2.24. The van der Waals surface area contributed by atoms with E-state index in [1.54, 1.807) is 4.90 Å². The summed E-state index contributed by atoms with van der Waals surface area (Å²) in [5, 5.41) is 8.51. The number of aromatic nitrogens is 2. The van der Waals surface area contributed by atoms with Gasteiger partial charge in [0.05, 0.1) is 12.4 Å². The van der Waals surface area contributed by atoms with E-state index in [-0.39, 0.29) is 11.6 Å². The van der Waals surface area contributed by atoms with Crippen molar-refractivity contribution in [1.29, 1.82) is 5.26 Å². The molecule has 0 unspecified atom stereocenters. The summed E-state index contributed by atoms with van der Waals surface area (Å²) in [5.41, 5.74) is 0.264. The molecular weight excluding hydrogens is 180 g/mol. The topological polar surface area (TPSA) is 69.9 Å². The highest BCUT2D eigenvalue weighted by atomic mass is 16.2. The molecule has 1 fully saturated rings. The van der Waals surface area contributed by atoms with Gasteiger partial charge in [0.2, 0.25) is 5.91 Å². The Labute approximate surface area is 81.0 Å². The van der Waals surface area contributed by atoms with Gasteiger partial charge in [-0.25, -0.2) is 9.97 Å². The molecular formula is C9H8N4O. The number of carbonyl (C=O) groups excluding carboxylic acids is 1. The van der Waals surface area contributed by atoms with Crippen LogP contribution in [0.3, 0.4) is 0 Å². The normalized spacial score (nSPS) is 15.6. The summed E-state index contributed by atoms with van der Waals surface area (Å²) in [6.07, 6.45) is 4.27. The summed E-state index contributed by atoms with van der Waals surface area (Å²) in [7, 11) is 0. The minimum atomic E-state index is 0.0732. The van der Waals surface area contributed by atoms with Crippen molar-refractivity contribution in [3.05, 3.63) is 18.1 Å². The first-order valence-electron chi connectivity index (χ1n) is 4.34. The van der Waals surface area contributed by atoms with Crippen LogP contribution in [0, 0.1) is 11.3 Å². The second-order valence-corrected chi connectivity index (χ2v) is 3.02. The molecule has 0 atom stereocenters. The second-order valence-electron chi connectivity index (χ2n) is 3.02. The molecule has 1 aromatic heterocycles. The van der Waals surface area contributed by atoms with E-state index in [9.17, 15) is 4.79 Å². The fourth-order valence-corrected chi connectivity index (χ4v) is 1.41. The Morgan fingerprint density at radius 3 is 2.79 bits per heavy atom. The number of carbonyl (C=O) groups is 1. The molecule has 1 aliphatic heterocycles. The summed E-state index contributed by atoms with van der Waals surface area (Å²) >= 11 is 0. The molecule has 0 spiro atoms. The molecule has 70 valence electrons. The number of amides is 1. The lowest BCUT2D eigenvalue weighted by Gasteiger charge is -2.12. The molecule has 1 saturated heterocycles. The SMILES string of the molecule is N#Cc1cnc(N2CCCC2=O)cn1. The minimum Gasteiger partial charge on any atom is -0.296 e. The van der Waals surface area contributed by atoms with Crippen LogP contribution in [0.2, 0.25) is 0 Å². The van der Waals surface area contributed by atoms with Gasteiger partial charge in [0.15, 0.2) is 11.5 Å². The van der Waals surface area contributed by atoms with E-state index < -0.39 is 0 Å². The largest absolute Gasteiger partial charge is 0.296 e. The lowest BCUT2D eigenvalue weighted by atomic mass is 10.4. The zero-order valence-corrected chi connectivity index (χ0v) is 7.47. The van der Waals surface area contributed by atoms with Crippen molar-refractivity contribution in [2.45, 2.75) is 12.8 Å². The maximum Gasteiger partial charge on any atom is 0.228 e. The van der Waals surface area contributed by atoms with Crippen LogP contribution in [0.15, 0.2) is 12.4 Å². The van der Waals surface area contributed by atoms with Crippen molar-refractivity contribution < 1.29 is 4.79 Å². The summed E-state index contributed by atoms with van der Waals surface area (Å²) < 4.78 is 0. The van der Waals surface area contributed by atoms with Crippen molar-refractivity contribution >= 4 is 11.7 Å². The van der Waals surface area contributed by atoms with Gasteiger partial charge >= 0.3 is 0 Å². The molecule has 0 aromatic carbocycles. The van der Waals surface area contributed by atoms with E-state index in [2.05, 4.69) is 9.97 Å². The highest BCUT2D eigenvalue weighted by molar-refractivity contribution is 5.94. The third-order valence-electron chi connectivity index (χ3n) is 2.10. The van der Waals surface area contributed by atoms with Crippen molar-refractivity contribution in [2.75, 3.05) is 11.4 Å². The number of nitrogens with zero attached hydrogens (tertiary/aromatic N) is 4. The Balaban J connectivity index is 2.25. The predicted octanol–water partition coefficient (Wildman–Crippen LogP) is 0.475. The van der Waals surface area contributed by atoms with Crippen molar-refractivity contribution in [3.63, 3.8) is 0 Å². The van der Waals surface area contributed by atoms with Crippen LogP contribution in [0.5, 0.6) is 0 Å². The van der Waals surface area contributed by atoms with Gasteiger partial charge < -0.3 is 0 Å². The van der Waals surface area contributed by atoms with Gasteiger partial charge in [-0.05, 0) is 6.42 Å². The smallest absolute Gasteiger partial charge is 0.228 e. The lowest BCUT2D eigenvalue weighted by molar-refractivity contribution is -0.117. The number of hydrogen-bond acceptors (Lipinski definition) is 4. The Morgan fingerprint density at radius 2 is 2.29 bits per heavy atom. The standard InChI is InChI=1S/C9H8N4O/c10-4-7-5-12-8(6-11-7)13-3-1-2-9(13)14/h5-6H,1-3H2. The first-order chi connectivity index (χ1) is 6.81. The molecule has 1 amide bonds. The van der Waals surface area contributed by atoms with Crippen LogP contribution in [0.4, 0.5) is 5.82 Å². The van der Waals surface area contributed by atoms with E-state index in [1.807, 2.05) is 6.07 Å². The molecule has 1 aromatic rings. The van der Waals surface area contributed by atoms with Crippen LogP contribution in [-0.4, -0.2) is 22.4 Å². The average molecular weight is 188 g/mol. The zero-order chi connectivity index (χ0) is 9.97. The molecule has 1 aliphatic rings. The zero-order valence-electron chi connectivity index (χ0n) is 7.47. The molecule has 0 radical (unpaired) electrons. The third kappa shape index (κ3) is 1.42. The number of hydrogen-bond donors (Lipinski definition) is 0. The third-order valence-corrected chi connectivity index (χ3v) is 2.10. The van der Waals surface area contributed by atoms with E-state index >= 15 is 0 Å². The molecule has 0 bridgehead atoms. The quantitative estimate of drug-likeness (QED) is 0.642. The van der Waals surface area contributed by atoms with Crippen LogP contribution < -0.4 is 4.90 Å². The minimum absolute atomic E-state index is 0.0732. The summed E-state index contributed by atoms with van der Waals surface area (Å²) in [6, 6.07) is 1.88. The Bertz CT molecular complexity index is 392. The fraction of sp³-hybridized carbons (Fsp3) is 0.333. The molecule has 14 heavy (non-hydrogen) atoms. The van der Waals surface area contributed by atoms with E-state index in [1.165, 1.54) is 12.4 Å². The molecule has 2 rings (SSSR count). The number of anilines is 1. The van der Waals surface area contributed by atoms with Gasteiger partial charge in [-0.1, -0.05) is 0 Å². The highest BCUT2D eigenvalue weighted by Crippen LogP contribution is 2.17. The predicted molar refractivity (Wildman–Crippen MR) is 48.3 cm³/mol. The van der Waals surface area contributed by atoms with Crippen molar-refractivity contribution in [2.24, 2.45) is 0 Å². The fourth-order valence-electron chi connectivity index (χ4n) is 1.41. The van der Waals surface area contributed by atoms with Gasteiger partial charge in [-0.3, -0.25) is 9.69 Å². The maximum absolute atomic E-state index is 11.3. The van der Waals surface area contributed by atoms with Crippen LogP contribution in [0.1, 0.15) is 18.5 Å². The first-order valence-corrected chi connectivity index (χ1v) is 4.34. The van der Waals surface area contributed by atoms with Gasteiger partial charge in [0.25, 0.3) is 0 Å². The summed E-state index contributed by atoms with van der Waals surface area (Å²) in [4.78, 5) is 20.8. The number of rotatable bonds is 1. The summed E-state index contributed by atoms with van der Waals surface area (Å²) in [5.74, 6) is 0.607. The van der Waals surface area contributed by atoms with Crippen LogP contribution in [-0.2, 0) is 4.79 Å². The molecule has 0 saturated carbocycles. The number of nitriles is 1. The van der Waals surface area contributed by atoms with Gasteiger partial charge in [0, 0.05) is 13.0 Å². The monoisotopic (exact) mass is 188 g/mol. The maximum atomic E-state index is 11.3. The van der Waals surface area contributed by atoms with Crippen molar-refractivity contribution in [3.8, 4) is 6.07 Å². The Morgan fingerprint density at radius 1 is 1.43 bits per heavy atom. The Kier molecular flexibility index (Phi) is 2.11. The second kappa shape index (κ2) is 3.42. The van der Waals surface area contributed by atoms with E-state index in [0.717, 1.165) is 6.42 Å². The molecule has 0 aliphatic carbocycles. The molecule has 2 heterocycles. The van der Waals surface area contributed by atoms with E-state index in [4.69, 9.17) is 5.26 Å². The van der Waals surface area contributed by atoms with Crippen LogP contribution >= 0.6 is 0 Å². The van der Waals surface area contributed by atoms with E-state index in [0.29, 0.717) is 18.8 Å². The Hall–Kier alpha value is -1.96.